The zero-order valence-electron chi connectivity index (χ0n) is 25.4. The Morgan fingerprint density at radius 1 is 1.00 bits per heavy atom. The molecule has 0 aromatic heterocycles. The minimum Gasteiger partial charge on any atom is -0.487 e. The van der Waals surface area contributed by atoms with E-state index in [0.717, 1.165) is 30.2 Å². The molecule has 1 aliphatic carbocycles. The summed E-state index contributed by atoms with van der Waals surface area (Å²) >= 11 is 6.74. The third-order valence-electron chi connectivity index (χ3n) is 8.51. The molecule has 1 saturated carbocycles. The number of piperidine rings is 1. The number of benzene rings is 3. The van der Waals surface area contributed by atoms with E-state index in [-0.39, 0.29) is 17.6 Å². The summed E-state index contributed by atoms with van der Waals surface area (Å²) in [4.78, 5) is 28.2. The summed E-state index contributed by atoms with van der Waals surface area (Å²) in [6, 6.07) is 19.9. The Morgan fingerprint density at radius 3 is 2.37 bits per heavy atom. The smallest absolute Gasteiger partial charge is 0.407 e. The van der Waals surface area contributed by atoms with Crippen molar-refractivity contribution in [3.05, 3.63) is 76.8 Å². The molecule has 2 amide bonds. The lowest BCUT2D eigenvalue weighted by atomic mass is 9.72. The predicted molar refractivity (Wildman–Crippen MR) is 169 cm³/mol. The van der Waals surface area contributed by atoms with Gasteiger partial charge in [0.25, 0.3) is 0 Å². The van der Waals surface area contributed by atoms with Crippen molar-refractivity contribution in [3.8, 4) is 5.75 Å². The number of rotatable bonds is 7. The summed E-state index contributed by atoms with van der Waals surface area (Å²) in [5, 5.41) is 17.4. The molecule has 0 radical (unpaired) electrons. The van der Waals surface area contributed by atoms with Gasteiger partial charge in [-0.1, -0.05) is 73.3 Å². The van der Waals surface area contributed by atoms with Crippen LogP contribution in [0.25, 0.3) is 10.8 Å². The van der Waals surface area contributed by atoms with Crippen molar-refractivity contribution in [2.24, 2.45) is 0 Å². The highest BCUT2D eigenvalue weighted by Gasteiger charge is 2.45. The Balaban J connectivity index is 1.28. The third kappa shape index (κ3) is 7.81. The predicted octanol–water partition coefficient (Wildman–Crippen LogP) is 7.37. The monoisotopic (exact) mass is 606 g/mol. The van der Waals surface area contributed by atoms with E-state index in [1.54, 1.807) is 17.0 Å². The van der Waals surface area contributed by atoms with Gasteiger partial charge in [0.15, 0.2) is 0 Å². The van der Waals surface area contributed by atoms with E-state index in [4.69, 9.17) is 21.1 Å². The normalized spacial score (nSPS) is 18.2. The number of carbonyl (C=O) groups excluding carboxylic acids is 2. The number of carbonyl (C=O) groups is 2. The number of hydrogen-bond donors (Lipinski definition) is 2. The molecule has 7 nitrogen and oxygen atoms in total. The molecule has 0 spiro atoms. The van der Waals surface area contributed by atoms with Crippen LogP contribution in [-0.2, 0) is 16.1 Å². The number of amides is 2. The fraction of sp³-hybridized carbons (Fsp3) is 0.486. The quantitative estimate of drug-likeness (QED) is 0.293. The first-order valence-electron chi connectivity index (χ1n) is 15.4. The average Bonchev–Trinajstić information content (AvgIpc) is 2.96. The minimum absolute atomic E-state index is 0.108. The maximum absolute atomic E-state index is 14.1. The van der Waals surface area contributed by atoms with Crippen LogP contribution in [0.4, 0.5) is 4.79 Å². The molecule has 3 aromatic rings. The van der Waals surface area contributed by atoms with Gasteiger partial charge in [-0.25, -0.2) is 4.79 Å². The van der Waals surface area contributed by atoms with Gasteiger partial charge in [0.05, 0.1) is 16.5 Å². The van der Waals surface area contributed by atoms with Gasteiger partial charge in [-0.3, -0.25) is 4.79 Å². The molecule has 43 heavy (non-hydrogen) atoms. The van der Waals surface area contributed by atoms with Crippen molar-refractivity contribution in [2.45, 2.75) is 95.5 Å². The number of fused-ring (bicyclic) bond motifs is 1. The van der Waals surface area contributed by atoms with Gasteiger partial charge in [0.1, 0.15) is 18.5 Å². The Hall–Kier alpha value is -3.29. The molecule has 2 aliphatic rings. The highest BCUT2D eigenvalue weighted by Crippen LogP contribution is 2.43. The topological polar surface area (TPSA) is 88.1 Å². The maximum Gasteiger partial charge on any atom is 0.407 e. The highest BCUT2D eigenvalue weighted by molar-refractivity contribution is 6.32. The molecule has 0 bridgehead atoms. The zero-order valence-corrected chi connectivity index (χ0v) is 26.2. The van der Waals surface area contributed by atoms with Crippen LogP contribution in [0.15, 0.2) is 60.7 Å². The van der Waals surface area contributed by atoms with Gasteiger partial charge in [-0.05, 0) is 73.7 Å². The van der Waals surface area contributed by atoms with E-state index in [1.807, 2.05) is 45.0 Å². The van der Waals surface area contributed by atoms with E-state index < -0.39 is 17.6 Å². The molecular weight excluding hydrogens is 564 g/mol. The largest absolute Gasteiger partial charge is 0.487 e. The molecule has 5 rings (SSSR count). The Bertz CT molecular complexity index is 1440. The van der Waals surface area contributed by atoms with Crippen LogP contribution < -0.4 is 10.1 Å². The van der Waals surface area contributed by atoms with E-state index >= 15 is 0 Å². The summed E-state index contributed by atoms with van der Waals surface area (Å²) in [6.07, 6.45) is 4.33. The van der Waals surface area contributed by atoms with E-state index in [0.29, 0.717) is 61.7 Å². The highest BCUT2D eigenvalue weighted by atomic mass is 35.5. The molecule has 1 unspecified atom stereocenters. The standard InChI is InChI=1S/C35H43ClN2O5/c1-34(2,3)37-33(40)43-28-15-19-38(20-16-28)32(39)31(35(41)17-7-4-8-18-35)27-13-14-30(29(36)22-27)42-23-24-11-12-25-9-5-6-10-26(25)21-24/h5-6,9-14,21-22,28,31,41H,4,7-8,15-20,23H2,1-3H3,(H,37,40). The van der Waals surface area contributed by atoms with Crippen LogP contribution in [0.1, 0.15) is 82.8 Å². The van der Waals surface area contributed by atoms with E-state index in [2.05, 4.69) is 29.6 Å². The second-order valence-corrected chi connectivity index (χ2v) is 13.5. The third-order valence-corrected chi connectivity index (χ3v) is 8.80. The summed E-state index contributed by atoms with van der Waals surface area (Å²) in [5.41, 5.74) is 0.202. The van der Waals surface area contributed by atoms with Crippen LogP contribution in [-0.4, -0.2) is 52.3 Å². The first-order chi connectivity index (χ1) is 20.5. The van der Waals surface area contributed by atoms with Crippen LogP contribution in [0, 0.1) is 0 Å². The molecule has 1 saturated heterocycles. The minimum atomic E-state index is -1.15. The molecule has 1 aliphatic heterocycles. The van der Waals surface area contributed by atoms with Gasteiger partial charge >= 0.3 is 6.09 Å². The SMILES string of the molecule is CC(C)(C)NC(=O)OC1CCN(C(=O)C(c2ccc(OCc3ccc4ccccc4c3)c(Cl)c2)C2(O)CCCCC2)CC1. The average molecular weight is 607 g/mol. The molecule has 8 heteroatoms. The number of nitrogens with one attached hydrogen (secondary N) is 1. The van der Waals surface area contributed by atoms with Crippen molar-refractivity contribution in [3.63, 3.8) is 0 Å². The first-order valence-corrected chi connectivity index (χ1v) is 15.8. The van der Waals surface area contributed by atoms with Crippen molar-refractivity contribution < 1.29 is 24.2 Å². The molecule has 1 heterocycles. The summed E-state index contributed by atoms with van der Waals surface area (Å²) < 4.78 is 11.7. The van der Waals surface area contributed by atoms with Gasteiger partial charge < -0.3 is 24.8 Å². The van der Waals surface area contributed by atoms with Crippen LogP contribution in [0.2, 0.25) is 5.02 Å². The molecule has 2 N–H and O–H groups in total. The Morgan fingerprint density at radius 2 is 1.70 bits per heavy atom. The van der Waals surface area contributed by atoms with Gasteiger partial charge in [-0.2, -0.15) is 0 Å². The Labute approximate surface area is 259 Å². The zero-order chi connectivity index (χ0) is 30.6. The van der Waals surface area contributed by atoms with E-state index in [1.165, 1.54) is 5.39 Å². The summed E-state index contributed by atoms with van der Waals surface area (Å²) in [5.74, 6) is -0.309. The number of likely N-dealkylation sites (tertiary alicyclic amines) is 1. The molecule has 2 fully saturated rings. The Kier molecular flexibility index (Phi) is 9.52. The number of hydrogen-bond acceptors (Lipinski definition) is 5. The number of ether oxygens (including phenoxy) is 2. The van der Waals surface area contributed by atoms with E-state index in [9.17, 15) is 14.7 Å². The molecule has 1 atom stereocenters. The first kappa shape index (κ1) is 31.1. The molecule has 230 valence electrons. The van der Waals surface area contributed by atoms with Crippen molar-refractivity contribution in [1.82, 2.24) is 10.2 Å². The second-order valence-electron chi connectivity index (χ2n) is 13.1. The van der Waals surface area contributed by atoms with Gasteiger partial charge in [-0.15, -0.1) is 0 Å². The van der Waals surface area contributed by atoms with Gasteiger partial charge in [0, 0.05) is 31.5 Å². The molecule has 3 aromatic carbocycles. The van der Waals surface area contributed by atoms with Crippen LogP contribution in [0.5, 0.6) is 5.75 Å². The fourth-order valence-electron chi connectivity index (χ4n) is 6.30. The molecular formula is C35H43ClN2O5. The van der Waals surface area contributed by atoms with Crippen molar-refractivity contribution in [2.75, 3.05) is 13.1 Å². The lowest BCUT2D eigenvalue weighted by Gasteiger charge is -2.42. The van der Waals surface area contributed by atoms with Crippen molar-refractivity contribution in [1.29, 1.82) is 0 Å². The lowest BCUT2D eigenvalue weighted by molar-refractivity contribution is -0.143. The van der Waals surface area contributed by atoms with Crippen LogP contribution >= 0.6 is 11.6 Å². The number of alkyl carbamates (subject to hydrolysis) is 1. The lowest BCUT2D eigenvalue weighted by Crippen LogP contribution is -2.51. The fourth-order valence-corrected chi connectivity index (χ4v) is 6.55. The van der Waals surface area contributed by atoms with Gasteiger partial charge in [0.2, 0.25) is 5.91 Å². The van der Waals surface area contributed by atoms with Crippen molar-refractivity contribution >= 4 is 34.4 Å². The maximum atomic E-state index is 14.1. The summed E-state index contributed by atoms with van der Waals surface area (Å²) in [6.45, 7) is 6.99. The number of halogens is 1. The summed E-state index contributed by atoms with van der Waals surface area (Å²) in [7, 11) is 0. The van der Waals surface area contributed by atoms with Crippen LogP contribution in [0.3, 0.4) is 0 Å². The second kappa shape index (κ2) is 13.1. The number of nitrogens with zero attached hydrogens (tertiary/aromatic N) is 1. The number of aliphatic hydroxyl groups is 1.